The highest BCUT2D eigenvalue weighted by molar-refractivity contribution is 7.89. The van der Waals surface area contributed by atoms with Crippen molar-refractivity contribution in [3.05, 3.63) is 54.0 Å². The molecule has 1 aromatic carbocycles. The summed E-state index contributed by atoms with van der Waals surface area (Å²) in [5, 5.41) is 2.74. The highest BCUT2D eigenvalue weighted by atomic mass is 32.2. The molecular weight excluding hydrogens is 332 g/mol. The van der Waals surface area contributed by atoms with Crippen molar-refractivity contribution in [1.29, 1.82) is 0 Å². The third-order valence-electron chi connectivity index (χ3n) is 3.49. The Labute approximate surface area is 141 Å². The smallest absolute Gasteiger partial charge is 0.251 e. The average Bonchev–Trinajstić information content (AvgIpc) is 3.09. The van der Waals surface area contributed by atoms with E-state index in [1.54, 1.807) is 12.1 Å². The normalized spacial score (nSPS) is 13.0. The van der Waals surface area contributed by atoms with Gasteiger partial charge < -0.3 is 14.5 Å². The molecular formula is C16H20N2O5S. The van der Waals surface area contributed by atoms with Crippen molar-refractivity contribution in [2.75, 3.05) is 27.7 Å². The number of sulfonamides is 1. The zero-order valence-electron chi connectivity index (χ0n) is 13.7. The van der Waals surface area contributed by atoms with Crippen molar-refractivity contribution in [2.24, 2.45) is 0 Å². The monoisotopic (exact) mass is 352 g/mol. The van der Waals surface area contributed by atoms with Crippen molar-refractivity contribution < 1.29 is 22.4 Å². The van der Waals surface area contributed by atoms with E-state index in [4.69, 9.17) is 9.15 Å². The van der Waals surface area contributed by atoms with Gasteiger partial charge in [0.05, 0.1) is 17.7 Å². The summed E-state index contributed by atoms with van der Waals surface area (Å²) in [5.74, 6) is 0.294. The van der Waals surface area contributed by atoms with E-state index in [-0.39, 0.29) is 17.3 Å². The van der Waals surface area contributed by atoms with Gasteiger partial charge in [-0.2, -0.15) is 0 Å². The summed E-state index contributed by atoms with van der Waals surface area (Å²) in [6.07, 6.45) is 1.14. The number of furan rings is 1. The number of hydrogen-bond donors (Lipinski definition) is 1. The Bertz CT molecular complexity index is 767. The van der Waals surface area contributed by atoms with E-state index in [0.717, 1.165) is 4.31 Å². The molecule has 2 rings (SSSR count). The molecule has 0 radical (unpaired) electrons. The first-order chi connectivity index (χ1) is 11.4. The number of carbonyl (C=O) groups is 1. The topological polar surface area (TPSA) is 88.8 Å². The van der Waals surface area contributed by atoms with Crippen LogP contribution in [0.15, 0.2) is 52.0 Å². The van der Waals surface area contributed by atoms with Crippen LogP contribution < -0.4 is 5.32 Å². The molecule has 130 valence electrons. The van der Waals surface area contributed by atoms with Crippen molar-refractivity contribution in [1.82, 2.24) is 9.62 Å². The summed E-state index contributed by atoms with van der Waals surface area (Å²) in [4.78, 5) is 12.3. The average molecular weight is 352 g/mol. The summed E-state index contributed by atoms with van der Waals surface area (Å²) in [5.41, 5.74) is 0.363. The number of rotatable bonds is 7. The van der Waals surface area contributed by atoms with E-state index in [0.29, 0.717) is 11.3 Å². The zero-order chi connectivity index (χ0) is 17.7. The maximum atomic E-state index is 12.2. The third-order valence-corrected chi connectivity index (χ3v) is 5.32. The van der Waals surface area contributed by atoms with Gasteiger partial charge >= 0.3 is 0 Å². The quantitative estimate of drug-likeness (QED) is 0.818. The minimum atomic E-state index is -3.51. The Kier molecular flexibility index (Phi) is 5.76. The highest BCUT2D eigenvalue weighted by Gasteiger charge is 2.18. The highest BCUT2D eigenvalue weighted by Crippen LogP contribution is 2.17. The number of nitrogens with zero attached hydrogens (tertiary/aromatic N) is 1. The fraction of sp³-hybridized carbons (Fsp3) is 0.312. The van der Waals surface area contributed by atoms with E-state index in [1.807, 2.05) is 0 Å². The number of benzene rings is 1. The molecule has 1 aromatic heterocycles. The summed E-state index contributed by atoms with van der Waals surface area (Å²) in [6.45, 7) is 0.237. The van der Waals surface area contributed by atoms with Crippen LogP contribution in [-0.4, -0.2) is 46.4 Å². The maximum absolute atomic E-state index is 12.2. The largest absolute Gasteiger partial charge is 0.467 e. The van der Waals surface area contributed by atoms with Gasteiger partial charge in [-0.15, -0.1) is 0 Å². The number of carbonyl (C=O) groups excluding carboxylic acids is 1. The van der Waals surface area contributed by atoms with Gasteiger partial charge in [-0.25, -0.2) is 12.7 Å². The predicted octanol–water partition coefficient (Wildman–Crippen LogP) is 1.65. The lowest BCUT2D eigenvalue weighted by Gasteiger charge is -2.14. The van der Waals surface area contributed by atoms with Crippen LogP contribution in [0.1, 0.15) is 22.2 Å². The molecule has 0 fully saturated rings. The molecule has 1 atom stereocenters. The van der Waals surface area contributed by atoms with Crippen LogP contribution in [0.2, 0.25) is 0 Å². The summed E-state index contributed by atoms with van der Waals surface area (Å²) in [7, 11) is 0.926. The van der Waals surface area contributed by atoms with E-state index < -0.39 is 16.1 Å². The molecule has 2 aromatic rings. The summed E-state index contributed by atoms with van der Waals surface area (Å²) in [6, 6.07) is 9.27. The molecule has 1 N–H and O–H groups in total. The van der Waals surface area contributed by atoms with Crippen molar-refractivity contribution in [3.63, 3.8) is 0 Å². The Morgan fingerprint density at radius 3 is 2.42 bits per heavy atom. The second-order valence-corrected chi connectivity index (χ2v) is 7.41. The fourth-order valence-electron chi connectivity index (χ4n) is 2.05. The summed E-state index contributed by atoms with van der Waals surface area (Å²) < 4.78 is 35.6. The molecule has 0 spiro atoms. The van der Waals surface area contributed by atoms with Gasteiger partial charge in [-0.05, 0) is 36.4 Å². The van der Waals surface area contributed by atoms with Gasteiger partial charge in [0, 0.05) is 26.8 Å². The van der Waals surface area contributed by atoms with Gasteiger partial charge in [0.15, 0.2) is 0 Å². The molecule has 7 nitrogen and oxygen atoms in total. The van der Waals surface area contributed by atoms with E-state index in [9.17, 15) is 13.2 Å². The minimum Gasteiger partial charge on any atom is -0.467 e. The molecule has 0 unspecified atom stereocenters. The second-order valence-electron chi connectivity index (χ2n) is 5.26. The molecule has 0 saturated heterocycles. The number of ether oxygens (including phenoxy) is 1. The molecule has 0 saturated carbocycles. The number of hydrogen-bond acceptors (Lipinski definition) is 5. The standard InChI is InChI=1S/C16H20N2O5S/c1-18(2)24(20,21)13-8-6-12(7-9-13)16(19)17-11-15(22-3)14-5-4-10-23-14/h4-10,15H,11H2,1-3H3,(H,17,19)/t15-/m0/s1. The van der Waals surface area contributed by atoms with Crippen molar-refractivity contribution in [3.8, 4) is 0 Å². The van der Waals surface area contributed by atoms with Crippen LogP contribution in [0.4, 0.5) is 0 Å². The Morgan fingerprint density at radius 1 is 1.25 bits per heavy atom. The molecule has 8 heteroatoms. The van der Waals surface area contributed by atoms with Crippen LogP contribution in [-0.2, 0) is 14.8 Å². The van der Waals surface area contributed by atoms with Gasteiger partial charge in [0.2, 0.25) is 10.0 Å². The lowest BCUT2D eigenvalue weighted by Crippen LogP contribution is -2.29. The molecule has 0 aliphatic carbocycles. The van der Waals surface area contributed by atoms with Crippen LogP contribution in [0.25, 0.3) is 0 Å². The SMILES string of the molecule is CO[C@@H](CNC(=O)c1ccc(S(=O)(=O)N(C)C)cc1)c1ccco1. The van der Waals surface area contributed by atoms with Gasteiger partial charge in [-0.1, -0.05) is 0 Å². The number of amides is 1. The Hall–Kier alpha value is -2.16. The van der Waals surface area contributed by atoms with Crippen LogP contribution in [0, 0.1) is 0 Å². The van der Waals surface area contributed by atoms with Gasteiger partial charge in [0.25, 0.3) is 5.91 Å². The first-order valence-corrected chi connectivity index (χ1v) is 8.67. The fourth-order valence-corrected chi connectivity index (χ4v) is 2.95. The zero-order valence-corrected chi connectivity index (χ0v) is 14.5. The molecule has 0 aliphatic heterocycles. The molecule has 0 aliphatic rings. The third kappa shape index (κ3) is 4.02. The Balaban J connectivity index is 2.03. The number of nitrogens with one attached hydrogen (secondary N) is 1. The minimum absolute atomic E-state index is 0.134. The van der Waals surface area contributed by atoms with Gasteiger partial charge in [-0.3, -0.25) is 4.79 Å². The van der Waals surface area contributed by atoms with Crippen molar-refractivity contribution in [2.45, 2.75) is 11.0 Å². The molecule has 1 heterocycles. The lowest BCUT2D eigenvalue weighted by molar-refractivity contribution is 0.0738. The van der Waals surface area contributed by atoms with E-state index >= 15 is 0 Å². The Morgan fingerprint density at radius 2 is 1.92 bits per heavy atom. The first-order valence-electron chi connectivity index (χ1n) is 7.23. The predicted molar refractivity (Wildman–Crippen MR) is 88.1 cm³/mol. The second kappa shape index (κ2) is 7.61. The summed E-state index contributed by atoms with van der Waals surface area (Å²) >= 11 is 0. The maximum Gasteiger partial charge on any atom is 0.251 e. The molecule has 1 amide bonds. The van der Waals surface area contributed by atoms with Crippen LogP contribution in [0.5, 0.6) is 0 Å². The van der Waals surface area contributed by atoms with E-state index in [1.165, 1.54) is 51.7 Å². The molecule has 0 bridgehead atoms. The van der Waals surface area contributed by atoms with E-state index in [2.05, 4.69) is 5.32 Å². The number of methoxy groups -OCH3 is 1. The van der Waals surface area contributed by atoms with Gasteiger partial charge in [0.1, 0.15) is 11.9 Å². The van der Waals surface area contributed by atoms with Crippen LogP contribution in [0.3, 0.4) is 0 Å². The molecule has 24 heavy (non-hydrogen) atoms. The lowest BCUT2D eigenvalue weighted by atomic mass is 10.2. The van der Waals surface area contributed by atoms with Crippen LogP contribution >= 0.6 is 0 Å². The first kappa shape index (κ1) is 18.2. The van der Waals surface area contributed by atoms with Crippen molar-refractivity contribution >= 4 is 15.9 Å².